The lowest BCUT2D eigenvalue weighted by Gasteiger charge is -2.10. The Balaban J connectivity index is 2.27. The molecule has 0 bridgehead atoms. The van der Waals surface area contributed by atoms with Gasteiger partial charge in [0.05, 0.1) is 18.0 Å². The average molecular weight is 226 g/mol. The highest BCUT2D eigenvalue weighted by Gasteiger charge is 2.00. The van der Waals surface area contributed by atoms with Crippen LogP contribution in [0.3, 0.4) is 0 Å². The van der Waals surface area contributed by atoms with Gasteiger partial charge in [0, 0.05) is 13.2 Å². The summed E-state index contributed by atoms with van der Waals surface area (Å²) < 4.78 is 18.1. The third-order valence-electron chi connectivity index (χ3n) is 2.03. The summed E-state index contributed by atoms with van der Waals surface area (Å²) in [5.41, 5.74) is 6.81. The van der Waals surface area contributed by atoms with E-state index in [1.807, 2.05) is 0 Å². The highest BCUT2D eigenvalue weighted by atomic mass is 19.1. The van der Waals surface area contributed by atoms with E-state index in [0.29, 0.717) is 24.8 Å². The van der Waals surface area contributed by atoms with Crippen molar-refractivity contribution in [2.24, 2.45) is 5.92 Å². The molecular weight excluding hydrogens is 207 g/mol. The average Bonchev–Trinajstić information content (AvgIpc) is 2.20. The predicted octanol–water partition coefficient (Wildman–Crippen LogP) is 2.49. The Labute approximate surface area is 95.8 Å². The Morgan fingerprint density at radius 1 is 1.44 bits per heavy atom. The van der Waals surface area contributed by atoms with Crippen molar-refractivity contribution in [3.05, 3.63) is 24.0 Å². The number of ether oxygens (including phenoxy) is 1. The summed E-state index contributed by atoms with van der Waals surface area (Å²) in [5, 5.41) is 3.10. The van der Waals surface area contributed by atoms with E-state index in [1.165, 1.54) is 12.1 Å². The van der Waals surface area contributed by atoms with Crippen molar-refractivity contribution in [3.8, 4) is 0 Å². The van der Waals surface area contributed by atoms with Crippen LogP contribution in [-0.4, -0.2) is 19.8 Å². The summed E-state index contributed by atoms with van der Waals surface area (Å²) in [5.74, 6) is 0.218. The van der Waals surface area contributed by atoms with Gasteiger partial charge >= 0.3 is 0 Å². The first-order valence-electron chi connectivity index (χ1n) is 5.46. The van der Waals surface area contributed by atoms with Crippen LogP contribution in [-0.2, 0) is 4.74 Å². The summed E-state index contributed by atoms with van der Waals surface area (Å²) >= 11 is 0. The largest absolute Gasteiger partial charge is 0.397 e. The zero-order valence-corrected chi connectivity index (χ0v) is 9.79. The van der Waals surface area contributed by atoms with E-state index >= 15 is 0 Å². The Kier molecular flexibility index (Phi) is 5.05. The fourth-order valence-corrected chi connectivity index (χ4v) is 1.27. The number of anilines is 2. The lowest BCUT2D eigenvalue weighted by atomic mass is 10.2. The molecule has 0 aromatic heterocycles. The maximum Gasteiger partial charge on any atom is 0.125 e. The first-order chi connectivity index (χ1) is 7.59. The third kappa shape index (κ3) is 4.49. The monoisotopic (exact) mass is 226 g/mol. The van der Waals surface area contributed by atoms with Gasteiger partial charge in [0.1, 0.15) is 5.82 Å². The number of halogens is 1. The molecule has 0 fully saturated rings. The fraction of sp³-hybridized carbons (Fsp3) is 0.500. The van der Waals surface area contributed by atoms with Crippen molar-refractivity contribution in [3.63, 3.8) is 0 Å². The highest BCUT2D eigenvalue weighted by Crippen LogP contribution is 2.18. The van der Waals surface area contributed by atoms with Crippen molar-refractivity contribution in [1.82, 2.24) is 0 Å². The van der Waals surface area contributed by atoms with E-state index in [4.69, 9.17) is 10.5 Å². The van der Waals surface area contributed by atoms with E-state index in [-0.39, 0.29) is 5.82 Å². The maximum atomic E-state index is 12.7. The molecule has 0 amide bonds. The first-order valence-corrected chi connectivity index (χ1v) is 5.46. The molecule has 1 aromatic rings. The molecule has 0 saturated heterocycles. The molecule has 0 aliphatic rings. The normalized spacial score (nSPS) is 10.8. The van der Waals surface area contributed by atoms with Crippen LogP contribution < -0.4 is 11.1 Å². The Hall–Kier alpha value is -1.29. The van der Waals surface area contributed by atoms with E-state index in [0.717, 1.165) is 12.3 Å². The van der Waals surface area contributed by atoms with Crippen LogP contribution >= 0.6 is 0 Å². The summed E-state index contributed by atoms with van der Waals surface area (Å²) in [7, 11) is 0. The molecule has 3 N–H and O–H groups in total. The number of nitrogens with one attached hydrogen (secondary N) is 1. The van der Waals surface area contributed by atoms with Crippen molar-refractivity contribution in [2.75, 3.05) is 30.8 Å². The number of hydrogen-bond donors (Lipinski definition) is 2. The van der Waals surface area contributed by atoms with E-state index in [9.17, 15) is 4.39 Å². The van der Waals surface area contributed by atoms with Crippen LogP contribution in [0.15, 0.2) is 18.2 Å². The number of rotatable bonds is 6. The molecule has 0 heterocycles. The molecule has 0 atom stereocenters. The second-order valence-electron chi connectivity index (χ2n) is 4.13. The molecular formula is C12H19FN2O. The van der Waals surface area contributed by atoms with Gasteiger partial charge in [-0.15, -0.1) is 0 Å². The molecule has 16 heavy (non-hydrogen) atoms. The lowest BCUT2D eigenvalue weighted by molar-refractivity contribution is 0.118. The third-order valence-corrected chi connectivity index (χ3v) is 2.03. The van der Waals surface area contributed by atoms with Gasteiger partial charge in [-0.05, 0) is 24.1 Å². The topological polar surface area (TPSA) is 47.3 Å². The molecule has 4 heteroatoms. The second-order valence-corrected chi connectivity index (χ2v) is 4.13. The van der Waals surface area contributed by atoms with Crippen LogP contribution in [0.1, 0.15) is 13.8 Å². The van der Waals surface area contributed by atoms with Crippen LogP contribution in [0.2, 0.25) is 0 Å². The predicted molar refractivity (Wildman–Crippen MR) is 65.0 cm³/mol. The maximum absolute atomic E-state index is 12.7. The van der Waals surface area contributed by atoms with E-state index < -0.39 is 0 Å². The van der Waals surface area contributed by atoms with Crippen LogP contribution in [0, 0.1) is 11.7 Å². The Morgan fingerprint density at radius 2 is 2.19 bits per heavy atom. The quantitative estimate of drug-likeness (QED) is 0.578. The van der Waals surface area contributed by atoms with Crippen LogP contribution in [0.25, 0.3) is 0 Å². The minimum atomic E-state index is -0.320. The molecule has 0 aliphatic carbocycles. The second kappa shape index (κ2) is 6.33. The zero-order chi connectivity index (χ0) is 12.0. The molecule has 1 rings (SSSR count). The van der Waals surface area contributed by atoms with Crippen molar-refractivity contribution in [1.29, 1.82) is 0 Å². The van der Waals surface area contributed by atoms with Gasteiger partial charge in [0.15, 0.2) is 0 Å². The van der Waals surface area contributed by atoms with Gasteiger partial charge in [-0.25, -0.2) is 4.39 Å². The van der Waals surface area contributed by atoms with Gasteiger partial charge in [0.25, 0.3) is 0 Å². The molecule has 0 unspecified atom stereocenters. The number of benzene rings is 1. The number of hydrogen-bond acceptors (Lipinski definition) is 3. The van der Waals surface area contributed by atoms with Crippen molar-refractivity contribution >= 4 is 11.4 Å². The highest BCUT2D eigenvalue weighted by molar-refractivity contribution is 5.65. The number of nitrogens with two attached hydrogens (primary N) is 1. The zero-order valence-electron chi connectivity index (χ0n) is 9.79. The van der Waals surface area contributed by atoms with Gasteiger partial charge in [-0.3, -0.25) is 0 Å². The van der Waals surface area contributed by atoms with Gasteiger partial charge in [0.2, 0.25) is 0 Å². The van der Waals surface area contributed by atoms with Crippen molar-refractivity contribution < 1.29 is 9.13 Å². The standard InChI is InChI=1S/C12H19FN2O/c1-9(2)8-16-6-5-15-12-4-3-10(13)7-11(12)14/h3-4,7,9,15H,5-6,8,14H2,1-2H3. The summed E-state index contributed by atoms with van der Waals surface area (Å²) in [6.07, 6.45) is 0. The number of nitrogen functional groups attached to an aromatic ring is 1. The molecule has 0 aliphatic heterocycles. The van der Waals surface area contributed by atoms with Crippen molar-refractivity contribution in [2.45, 2.75) is 13.8 Å². The van der Waals surface area contributed by atoms with Gasteiger partial charge in [-0.1, -0.05) is 13.8 Å². The Bertz CT molecular complexity index is 329. The SMILES string of the molecule is CC(C)COCCNc1ccc(F)cc1N. The Morgan fingerprint density at radius 3 is 2.81 bits per heavy atom. The van der Waals surface area contributed by atoms with Gasteiger partial charge < -0.3 is 15.8 Å². The molecule has 90 valence electrons. The smallest absolute Gasteiger partial charge is 0.125 e. The first kappa shape index (κ1) is 12.8. The van der Waals surface area contributed by atoms with Gasteiger partial charge in [-0.2, -0.15) is 0 Å². The van der Waals surface area contributed by atoms with E-state index in [2.05, 4.69) is 19.2 Å². The molecule has 0 saturated carbocycles. The molecule has 0 radical (unpaired) electrons. The van der Waals surface area contributed by atoms with E-state index in [1.54, 1.807) is 6.07 Å². The molecule has 0 spiro atoms. The summed E-state index contributed by atoms with van der Waals surface area (Å²) in [6, 6.07) is 4.32. The van der Waals surface area contributed by atoms with Crippen LogP contribution in [0.4, 0.5) is 15.8 Å². The minimum absolute atomic E-state index is 0.320. The summed E-state index contributed by atoms with van der Waals surface area (Å²) in [4.78, 5) is 0. The fourth-order valence-electron chi connectivity index (χ4n) is 1.27. The molecule has 1 aromatic carbocycles. The minimum Gasteiger partial charge on any atom is -0.397 e. The lowest BCUT2D eigenvalue weighted by Crippen LogP contribution is -2.13. The summed E-state index contributed by atoms with van der Waals surface area (Å²) in [6.45, 7) is 6.24. The molecule has 3 nitrogen and oxygen atoms in total. The van der Waals surface area contributed by atoms with Crippen LogP contribution in [0.5, 0.6) is 0 Å².